The molecule has 0 radical (unpaired) electrons. The topological polar surface area (TPSA) is 92.6 Å². The summed E-state index contributed by atoms with van der Waals surface area (Å²) in [6.07, 6.45) is 4.21. The van der Waals surface area contributed by atoms with Crippen LogP contribution in [0.5, 0.6) is 0 Å². The molecule has 0 fully saturated rings. The number of halogens is 1. The van der Waals surface area contributed by atoms with Gasteiger partial charge in [-0.1, -0.05) is 30.3 Å². The number of anilines is 1. The fourth-order valence-electron chi connectivity index (χ4n) is 3.08. The van der Waals surface area contributed by atoms with E-state index in [4.69, 9.17) is 4.74 Å². The van der Waals surface area contributed by atoms with Crippen molar-refractivity contribution in [2.24, 2.45) is 4.99 Å². The third kappa shape index (κ3) is 9.05. The molecule has 0 atom stereocenters. The molecule has 182 valence electrons. The van der Waals surface area contributed by atoms with Gasteiger partial charge in [0.05, 0.1) is 11.9 Å². The lowest BCUT2D eigenvalue weighted by Crippen LogP contribution is -2.37. The summed E-state index contributed by atoms with van der Waals surface area (Å²) in [6.45, 7) is 6.86. The molecule has 9 heteroatoms. The van der Waals surface area contributed by atoms with Gasteiger partial charge in [0.15, 0.2) is 5.96 Å². The van der Waals surface area contributed by atoms with Crippen LogP contribution in [0.4, 0.5) is 10.5 Å². The molecule has 0 saturated carbocycles. The van der Waals surface area contributed by atoms with Gasteiger partial charge in [0, 0.05) is 37.6 Å². The molecule has 0 bridgehead atoms. The Morgan fingerprint density at radius 2 is 1.74 bits per heavy atom. The Balaban J connectivity index is 0.00000408. The van der Waals surface area contributed by atoms with E-state index in [0.717, 1.165) is 35.7 Å². The number of benzene rings is 2. The van der Waals surface area contributed by atoms with Gasteiger partial charge in [-0.2, -0.15) is 5.10 Å². The van der Waals surface area contributed by atoms with Gasteiger partial charge in [0.25, 0.3) is 0 Å². The summed E-state index contributed by atoms with van der Waals surface area (Å²) in [4.78, 5) is 16.1. The number of hydrogen-bond donors (Lipinski definition) is 3. The summed E-state index contributed by atoms with van der Waals surface area (Å²) in [5.74, 6) is 0.727. The second-order valence-corrected chi connectivity index (χ2v) is 8.56. The van der Waals surface area contributed by atoms with Gasteiger partial charge in [-0.25, -0.2) is 9.48 Å². The Labute approximate surface area is 218 Å². The highest BCUT2D eigenvalue weighted by molar-refractivity contribution is 14.0. The first-order valence-electron chi connectivity index (χ1n) is 10.9. The van der Waals surface area contributed by atoms with E-state index < -0.39 is 11.7 Å². The highest BCUT2D eigenvalue weighted by Crippen LogP contribution is 2.13. The van der Waals surface area contributed by atoms with Crippen molar-refractivity contribution in [1.82, 2.24) is 20.4 Å². The quantitative estimate of drug-likeness (QED) is 0.215. The molecule has 0 unspecified atom stereocenters. The van der Waals surface area contributed by atoms with Crippen molar-refractivity contribution >= 4 is 41.7 Å². The molecule has 1 amide bonds. The summed E-state index contributed by atoms with van der Waals surface area (Å²) in [7, 11) is 1.75. The van der Waals surface area contributed by atoms with Crippen LogP contribution in [0.2, 0.25) is 0 Å². The van der Waals surface area contributed by atoms with Crippen LogP contribution < -0.4 is 16.0 Å². The lowest BCUT2D eigenvalue weighted by molar-refractivity contribution is 0.0636. The second-order valence-electron chi connectivity index (χ2n) is 8.56. The SMILES string of the molecule is CN=C(NCCc1ccc(NC(=O)OC(C)(C)C)cc1)NCc1cnn(-c2ccccc2)c1.I. The van der Waals surface area contributed by atoms with E-state index >= 15 is 0 Å². The number of carbonyl (C=O) groups is 1. The van der Waals surface area contributed by atoms with Crippen LogP contribution in [0.1, 0.15) is 31.9 Å². The van der Waals surface area contributed by atoms with Crippen LogP contribution in [0.15, 0.2) is 72.0 Å². The normalized spacial score (nSPS) is 11.4. The number of nitrogens with one attached hydrogen (secondary N) is 3. The van der Waals surface area contributed by atoms with Crippen LogP contribution >= 0.6 is 24.0 Å². The molecule has 1 heterocycles. The first kappa shape index (κ1) is 27.2. The van der Waals surface area contributed by atoms with E-state index in [0.29, 0.717) is 12.2 Å². The third-order valence-corrected chi connectivity index (χ3v) is 4.65. The number of rotatable bonds is 7. The third-order valence-electron chi connectivity index (χ3n) is 4.65. The summed E-state index contributed by atoms with van der Waals surface area (Å²) in [6, 6.07) is 17.7. The first-order chi connectivity index (χ1) is 15.8. The Hall–Kier alpha value is -3.08. The zero-order valence-electron chi connectivity index (χ0n) is 20.0. The van der Waals surface area contributed by atoms with Crippen LogP contribution in [0.3, 0.4) is 0 Å². The van der Waals surface area contributed by atoms with Crippen LogP contribution in [-0.2, 0) is 17.7 Å². The lowest BCUT2D eigenvalue weighted by atomic mass is 10.1. The number of hydrogen-bond acceptors (Lipinski definition) is 4. The summed E-state index contributed by atoms with van der Waals surface area (Å²) in [5.41, 5.74) is 3.42. The molecule has 1 aromatic heterocycles. The van der Waals surface area contributed by atoms with Crippen LogP contribution in [0.25, 0.3) is 5.69 Å². The van der Waals surface area contributed by atoms with Gasteiger partial charge in [0.1, 0.15) is 5.60 Å². The predicted molar refractivity (Wildman–Crippen MR) is 147 cm³/mol. The molecular formula is C25H33IN6O2. The van der Waals surface area contributed by atoms with Gasteiger partial charge < -0.3 is 15.4 Å². The summed E-state index contributed by atoms with van der Waals surface area (Å²) in [5, 5.41) is 13.8. The molecule has 0 spiro atoms. The van der Waals surface area contributed by atoms with Crippen molar-refractivity contribution in [1.29, 1.82) is 0 Å². The van der Waals surface area contributed by atoms with E-state index in [1.54, 1.807) is 7.05 Å². The molecule has 2 aromatic carbocycles. The molecule has 0 aliphatic carbocycles. The van der Waals surface area contributed by atoms with Crippen molar-refractivity contribution in [3.8, 4) is 5.69 Å². The minimum absolute atomic E-state index is 0. The van der Waals surface area contributed by atoms with Crippen molar-refractivity contribution in [2.75, 3.05) is 18.9 Å². The van der Waals surface area contributed by atoms with E-state index in [1.807, 2.05) is 92.4 Å². The van der Waals surface area contributed by atoms with Gasteiger partial charge in [-0.3, -0.25) is 10.3 Å². The van der Waals surface area contributed by atoms with Gasteiger partial charge in [0.2, 0.25) is 0 Å². The average Bonchev–Trinajstić information content (AvgIpc) is 3.25. The van der Waals surface area contributed by atoms with Crippen molar-refractivity contribution in [3.05, 3.63) is 78.1 Å². The second kappa shape index (κ2) is 13.0. The van der Waals surface area contributed by atoms with Crippen molar-refractivity contribution in [2.45, 2.75) is 39.3 Å². The number of aromatic nitrogens is 2. The van der Waals surface area contributed by atoms with E-state index in [1.165, 1.54) is 0 Å². The fourth-order valence-corrected chi connectivity index (χ4v) is 3.08. The number of amides is 1. The number of carbonyl (C=O) groups excluding carboxylic acids is 1. The van der Waals surface area contributed by atoms with Crippen LogP contribution in [0, 0.1) is 0 Å². The lowest BCUT2D eigenvalue weighted by Gasteiger charge is -2.19. The van der Waals surface area contributed by atoms with Crippen molar-refractivity contribution < 1.29 is 9.53 Å². The predicted octanol–water partition coefficient (Wildman–Crippen LogP) is 4.75. The number of nitrogens with zero attached hydrogens (tertiary/aromatic N) is 3. The molecule has 3 rings (SSSR count). The number of ether oxygens (including phenoxy) is 1. The summed E-state index contributed by atoms with van der Waals surface area (Å²) < 4.78 is 7.12. The van der Waals surface area contributed by atoms with Gasteiger partial charge in [-0.05, 0) is 57.0 Å². The zero-order valence-corrected chi connectivity index (χ0v) is 22.4. The minimum Gasteiger partial charge on any atom is -0.444 e. The number of aliphatic imine (C=N–C) groups is 1. The number of guanidine groups is 1. The highest BCUT2D eigenvalue weighted by Gasteiger charge is 2.16. The molecule has 0 aliphatic heterocycles. The highest BCUT2D eigenvalue weighted by atomic mass is 127. The molecule has 34 heavy (non-hydrogen) atoms. The van der Waals surface area contributed by atoms with Crippen molar-refractivity contribution in [3.63, 3.8) is 0 Å². The Morgan fingerprint density at radius 3 is 2.38 bits per heavy atom. The monoisotopic (exact) mass is 576 g/mol. The number of para-hydroxylation sites is 1. The maximum atomic E-state index is 11.9. The zero-order chi connectivity index (χ0) is 23.7. The molecule has 8 nitrogen and oxygen atoms in total. The summed E-state index contributed by atoms with van der Waals surface area (Å²) >= 11 is 0. The van der Waals surface area contributed by atoms with E-state index in [-0.39, 0.29) is 24.0 Å². The molecule has 3 N–H and O–H groups in total. The van der Waals surface area contributed by atoms with Gasteiger partial charge >= 0.3 is 6.09 Å². The molecule has 0 saturated heterocycles. The Bertz CT molecular complexity index is 1060. The minimum atomic E-state index is -0.523. The van der Waals surface area contributed by atoms with Crippen LogP contribution in [-0.4, -0.2) is 41.0 Å². The average molecular weight is 576 g/mol. The van der Waals surface area contributed by atoms with E-state index in [9.17, 15) is 4.79 Å². The van der Waals surface area contributed by atoms with Gasteiger partial charge in [-0.15, -0.1) is 24.0 Å². The maximum absolute atomic E-state index is 11.9. The maximum Gasteiger partial charge on any atom is 0.412 e. The standard InChI is InChI=1S/C25H32N6O2.HI/c1-25(2,3)33-24(32)30-21-12-10-19(11-13-21)14-15-27-23(26-4)28-16-20-17-29-31(18-20)22-8-6-5-7-9-22;/h5-13,17-18H,14-16H2,1-4H3,(H,30,32)(H2,26,27,28);1H. The Morgan fingerprint density at radius 1 is 1.03 bits per heavy atom. The smallest absolute Gasteiger partial charge is 0.412 e. The molecule has 3 aromatic rings. The largest absolute Gasteiger partial charge is 0.444 e. The van der Waals surface area contributed by atoms with E-state index in [2.05, 4.69) is 26.0 Å². The molecular weight excluding hydrogens is 543 g/mol. The fraction of sp³-hybridized carbons (Fsp3) is 0.320. The Kier molecular flexibility index (Phi) is 10.4. The first-order valence-corrected chi connectivity index (χ1v) is 10.9. The molecule has 0 aliphatic rings.